The molecular formula is C12H11Cl2N3O4S. The average molecular weight is 364 g/mol. The topological polar surface area (TPSA) is 85.5 Å². The zero-order valence-corrected chi connectivity index (χ0v) is 13.5. The first kappa shape index (κ1) is 15.5. The smallest absolute Gasteiger partial charge is 0.341 e. The lowest BCUT2D eigenvalue weighted by Gasteiger charge is -2.24. The van der Waals surface area contributed by atoms with E-state index in [2.05, 4.69) is 10.2 Å². The second-order valence-electron chi connectivity index (χ2n) is 4.53. The second-order valence-corrected chi connectivity index (χ2v) is 7.17. The molecule has 118 valence electrons. The third-order valence-electron chi connectivity index (χ3n) is 3.11. The van der Waals surface area contributed by atoms with Crippen LogP contribution in [0.1, 0.15) is 0 Å². The summed E-state index contributed by atoms with van der Waals surface area (Å²) >= 11 is 11.6. The van der Waals surface area contributed by atoms with Gasteiger partial charge in [0, 0.05) is 13.1 Å². The Balaban J connectivity index is 1.92. The fourth-order valence-corrected chi connectivity index (χ4v) is 3.36. The van der Waals surface area contributed by atoms with Crippen molar-refractivity contribution in [3.05, 3.63) is 28.2 Å². The van der Waals surface area contributed by atoms with E-state index in [0.29, 0.717) is 26.3 Å². The molecule has 1 aromatic carbocycles. The molecule has 1 fully saturated rings. The van der Waals surface area contributed by atoms with Crippen molar-refractivity contribution in [3.8, 4) is 0 Å². The molecule has 0 radical (unpaired) electrons. The predicted molar refractivity (Wildman–Crippen MR) is 79.2 cm³/mol. The minimum Gasteiger partial charge on any atom is -0.394 e. The Morgan fingerprint density at radius 1 is 1.09 bits per heavy atom. The standard InChI is InChI=1S/C12H11Cl2N3O4S/c13-9-2-1-8(7-10(9)14)22(18,19)12-16-15-11(21-12)17-3-5-20-6-4-17/h1-2,7H,3-6H2. The highest BCUT2D eigenvalue weighted by molar-refractivity contribution is 7.91. The summed E-state index contributed by atoms with van der Waals surface area (Å²) in [5.74, 6) is 0. The summed E-state index contributed by atoms with van der Waals surface area (Å²) in [4.78, 5) is 1.71. The molecule has 3 rings (SSSR count). The molecule has 10 heteroatoms. The minimum absolute atomic E-state index is 0.0564. The summed E-state index contributed by atoms with van der Waals surface area (Å²) in [5.41, 5.74) is 0. The van der Waals surface area contributed by atoms with Crippen molar-refractivity contribution in [1.82, 2.24) is 10.2 Å². The van der Waals surface area contributed by atoms with Gasteiger partial charge >= 0.3 is 11.2 Å². The van der Waals surface area contributed by atoms with Crippen LogP contribution >= 0.6 is 23.2 Å². The van der Waals surface area contributed by atoms with Crippen molar-refractivity contribution in [2.45, 2.75) is 10.1 Å². The van der Waals surface area contributed by atoms with E-state index in [1.165, 1.54) is 18.2 Å². The highest BCUT2D eigenvalue weighted by Gasteiger charge is 2.27. The molecule has 7 nitrogen and oxygen atoms in total. The summed E-state index contributed by atoms with van der Waals surface area (Å²) in [6.07, 6.45) is 0. The lowest BCUT2D eigenvalue weighted by Crippen LogP contribution is -2.36. The van der Waals surface area contributed by atoms with Crippen molar-refractivity contribution in [1.29, 1.82) is 0 Å². The van der Waals surface area contributed by atoms with Gasteiger partial charge in [-0.05, 0) is 18.2 Å². The van der Waals surface area contributed by atoms with E-state index in [1.807, 2.05) is 0 Å². The van der Waals surface area contributed by atoms with Gasteiger partial charge in [-0.15, -0.1) is 0 Å². The SMILES string of the molecule is O=S(=O)(c1ccc(Cl)c(Cl)c1)c1nnc(N2CCOCC2)o1. The molecule has 1 aromatic heterocycles. The molecule has 0 bridgehead atoms. The second kappa shape index (κ2) is 6.04. The largest absolute Gasteiger partial charge is 0.394 e. The van der Waals surface area contributed by atoms with Crippen molar-refractivity contribution in [3.63, 3.8) is 0 Å². The molecule has 0 spiro atoms. The molecule has 22 heavy (non-hydrogen) atoms. The normalized spacial score (nSPS) is 16.0. The van der Waals surface area contributed by atoms with Gasteiger partial charge in [-0.2, -0.15) is 0 Å². The highest BCUT2D eigenvalue weighted by Crippen LogP contribution is 2.28. The number of hydrogen-bond acceptors (Lipinski definition) is 7. The van der Waals surface area contributed by atoms with E-state index >= 15 is 0 Å². The lowest BCUT2D eigenvalue weighted by molar-refractivity contribution is 0.120. The van der Waals surface area contributed by atoms with E-state index in [1.54, 1.807) is 4.90 Å². The predicted octanol–water partition coefficient (Wildman–Crippen LogP) is 2.05. The number of anilines is 1. The van der Waals surface area contributed by atoms with Crippen LogP contribution in [0.3, 0.4) is 0 Å². The van der Waals surface area contributed by atoms with E-state index in [4.69, 9.17) is 32.4 Å². The fourth-order valence-electron chi connectivity index (χ4n) is 1.94. The Labute approximate surface area is 136 Å². The molecule has 2 heterocycles. The van der Waals surface area contributed by atoms with Crippen LogP contribution in [-0.2, 0) is 14.6 Å². The van der Waals surface area contributed by atoms with Gasteiger partial charge in [-0.3, -0.25) is 0 Å². The molecule has 0 aliphatic carbocycles. The first-order valence-corrected chi connectivity index (χ1v) is 8.59. The number of benzene rings is 1. The quantitative estimate of drug-likeness (QED) is 0.824. The summed E-state index contributed by atoms with van der Waals surface area (Å²) in [7, 11) is -3.94. The molecule has 1 aliphatic rings. The molecule has 0 saturated carbocycles. The van der Waals surface area contributed by atoms with Gasteiger partial charge in [-0.25, -0.2) is 8.42 Å². The van der Waals surface area contributed by atoms with Crippen LogP contribution in [-0.4, -0.2) is 44.9 Å². The maximum Gasteiger partial charge on any atom is 0.341 e. The minimum atomic E-state index is -3.94. The monoisotopic (exact) mass is 363 g/mol. The summed E-state index contributed by atoms with van der Waals surface area (Å²) in [6, 6.07) is 4.14. The molecule has 0 atom stereocenters. The van der Waals surface area contributed by atoms with Crippen LogP contribution in [0.5, 0.6) is 0 Å². The van der Waals surface area contributed by atoms with Gasteiger partial charge in [0.2, 0.25) is 0 Å². The Hall–Kier alpha value is -1.35. The first-order valence-electron chi connectivity index (χ1n) is 6.35. The number of rotatable bonds is 3. The van der Waals surface area contributed by atoms with E-state index < -0.39 is 15.1 Å². The summed E-state index contributed by atoms with van der Waals surface area (Å²) in [6.45, 7) is 2.18. The van der Waals surface area contributed by atoms with Crippen LogP contribution in [0.15, 0.2) is 32.7 Å². The van der Waals surface area contributed by atoms with Gasteiger partial charge in [0.05, 0.1) is 28.2 Å². The highest BCUT2D eigenvalue weighted by atomic mass is 35.5. The van der Waals surface area contributed by atoms with Crippen molar-refractivity contribution in [2.75, 3.05) is 31.2 Å². The number of sulfone groups is 1. The van der Waals surface area contributed by atoms with Crippen LogP contribution in [0.4, 0.5) is 6.01 Å². The van der Waals surface area contributed by atoms with Gasteiger partial charge < -0.3 is 14.1 Å². The number of morpholine rings is 1. The fraction of sp³-hybridized carbons (Fsp3) is 0.333. The Morgan fingerprint density at radius 3 is 2.50 bits per heavy atom. The van der Waals surface area contributed by atoms with Crippen LogP contribution in [0, 0.1) is 0 Å². The van der Waals surface area contributed by atoms with Crippen molar-refractivity contribution in [2.24, 2.45) is 0 Å². The number of halogens is 2. The van der Waals surface area contributed by atoms with E-state index in [-0.39, 0.29) is 21.0 Å². The van der Waals surface area contributed by atoms with Crippen molar-refractivity contribution >= 4 is 39.1 Å². The van der Waals surface area contributed by atoms with E-state index in [0.717, 1.165) is 0 Å². The number of hydrogen-bond donors (Lipinski definition) is 0. The number of aromatic nitrogens is 2. The maximum absolute atomic E-state index is 12.5. The summed E-state index contributed by atoms with van der Waals surface area (Å²) < 4.78 is 35.4. The Kier molecular flexibility index (Phi) is 4.26. The molecule has 2 aromatic rings. The van der Waals surface area contributed by atoms with E-state index in [9.17, 15) is 8.42 Å². The van der Waals surface area contributed by atoms with Gasteiger partial charge in [-0.1, -0.05) is 33.4 Å². The third-order valence-corrected chi connectivity index (χ3v) is 5.35. The average Bonchev–Trinajstić information content (AvgIpc) is 3.01. The summed E-state index contributed by atoms with van der Waals surface area (Å²) in [5, 5.41) is 7.34. The molecule has 0 unspecified atom stereocenters. The first-order chi connectivity index (χ1) is 10.5. The van der Waals surface area contributed by atoms with Gasteiger partial charge in [0.1, 0.15) is 0 Å². The van der Waals surface area contributed by atoms with Crippen LogP contribution < -0.4 is 4.90 Å². The molecule has 0 amide bonds. The number of nitrogens with zero attached hydrogens (tertiary/aromatic N) is 3. The zero-order valence-electron chi connectivity index (χ0n) is 11.2. The number of ether oxygens (including phenoxy) is 1. The molecule has 1 saturated heterocycles. The Morgan fingerprint density at radius 2 is 1.82 bits per heavy atom. The van der Waals surface area contributed by atoms with Crippen LogP contribution in [0.25, 0.3) is 0 Å². The molecular weight excluding hydrogens is 353 g/mol. The maximum atomic E-state index is 12.5. The van der Waals surface area contributed by atoms with Gasteiger partial charge in [0.25, 0.3) is 9.84 Å². The lowest BCUT2D eigenvalue weighted by atomic mass is 10.4. The zero-order chi connectivity index (χ0) is 15.7. The Bertz CT molecular complexity index is 787. The molecule has 1 aliphatic heterocycles. The van der Waals surface area contributed by atoms with Crippen LogP contribution in [0.2, 0.25) is 10.0 Å². The molecule has 0 N–H and O–H groups in total. The van der Waals surface area contributed by atoms with Gasteiger partial charge in [0.15, 0.2) is 0 Å². The third kappa shape index (κ3) is 2.91. The van der Waals surface area contributed by atoms with Crippen molar-refractivity contribution < 1.29 is 17.6 Å².